The van der Waals surface area contributed by atoms with Gasteiger partial charge in [-0.15, -0.1) is 0 Å². The predicted molar refractivity (Wildman–Crippen MR) is 95.8 cm³/mol. The number of piperidine rings is 1. The van der Waals surface area contributed by atoms with Crippen molar-refractivity contribution in [1.82, 2.24) is 14.7 Å². The lowest BCUT2D eigenvalue weighted by atomic mass is 9.97. The molecule has 0 bridgehead atoms. The molecule has 2 heterocycles. The molecule has 5 nitrogen and oxygen atoms in total. The molecule has 1 aliphatic heterocycles. The summed E-state index contributed by atoms with van der Waals surface area (Å²) in [5, 5.41) is 7.27. The number of hydrogen-bond acceptors (Lipinski definition) is 3. The Morgan fingerprint density at radius 1 is 1.25 bits per heavy atom. The summed E-state index contributed by atoms with van der Waals surface area (Å²) < 4.78 is 2.01. The van der Waals surface area contributed by atoms with Crippen molar-refractivity contribution in [1.29, 1.82) is 0 Å². The molecule has 0 saturated carbocycles. The van der Waals surface area contributed by atoms with Crippen LogP contribution in [0.2, 0.25) is 0 Å². The van der Waals surface area contributed by atoms with Crippen molar-refractivity contribution >= 4 is 11.6 Å². The van der Waals surface area contributed by atoms with E-state index in [1.807, 2.05) is 35.3 Å². The normalized spacial score (nSPS) is 16.2. The second-order valence-corrected chi connectivity index (χ2v) is 6.55. The summed E-state index contributed by atoms with van der Waals surface area (Å²) in [5.74, 6) is 0.732. The van der Waals surface area contributed by atoms with E-state index >= 15 is 0 Å². The first-order chi connectivity index (χ1) is 11.7. The van der Waals surface area contributed by atoms with Gasteiger partial charge in [0, 0.05) is 24.6 Å². The molecule has 1 aliphatic rings. The molecule has 24 heavy (non-hydrogen) atoms. The Labute approximate surface area is 143 Å². The number of anilines is 1. The van der Waals surface area contributed by atoms with Crippen LogP contribution in [-0.2, 0) is 17.8 Å². The molecule has 3 rings (SSSR count). The third-order valence-electron chi connectivity index (χ3n) is 4.72. The van der Waals surface area contributed by atoms with Gasteiger partial charge >= 0.3 is 0 Å². The standard InChI is InChI=1S/C19H26N4O/c1-2-16-4-6-18(7-5-16)21-19(24)15-22-12-8-17(9-13-22)14-23-11-3-10-20-23/h3-7,10-11,17H,2,8-9,12-15H2,1H3,(H,21,24). The van der Waals surface area contributed by atoms with Gasteiger partial charge in [-0.2, -0.15) is 5.10 Å². The van der Waals surface area contributed by atoms with Crippen LogP contribution >= 0.6 is 0 Å². The van der Waals surface area contributed by atoms with Gasteiger partial charge in [-0.05, 0) is 62.0 Å². The van der Waals surface area contributed by atoms with Crippen LogP contribution < -0.4 is 5.32 Å². The molecular weight excluding hydrogens is 300 g/mol. The fourth-order valence-corrected chi connectivity index (χ4v) is 3.23. The third-order valence-corrected chi connectivity index (χ3v) is 4.72. The third kappa shape index (κ3) is 4.68. The molecule has 2 aromatic rings. The number of likely N-dealkylation sites (tertiary alicyclic amines) is 1. The number of nitrogens with zero attached hydrogens (tertiary/aromatic N) is 3. The highest BCUT2D eigenvalue weighted by atomic mass is 16.2. The van der Waals surface area contributed by atoms with Gasteiger partial charge in [-0.3, -0.25) is 14.4 Å². The monoisotopic (exact) mass is 326 g/mol. The van der Waals surface area contributed by atoms with Crippen molar-refractivity contribution in [2.24, 2.45) is 5.92 Å². The Bertz CT molecular complexity index is 628. The van der Waals surface area contributed by atoms with Crippen LogP contribution in [0.5, 0.6) is 0 Å². The van der Waals surface area contributed by atoms with E-state index in [9.17, 15) is 4.79 Å². The topological polar surface area (TPSA) is 50.2 Å². The highest BCUT2D eigenvalue weighted by Gasteiger charge is 2.21. The van der Waals surface area contributed by atoms with Crippen LogP contribution in [-0.4, -0.2) is 40.2 Å². The first-order valence-corrected chi connectivity index (χ1v) is 8.81. The molecule has 1 amide bonds. The zero-order valence-corrected chi connectivity index (χ0v) is 14.3. The fourth-order valence-electron chi connectivity index (χ4n) is 3.23. The SMILES string of the molecule is CCc1ccc(NC(=O)CN2CCC(Cn3cccn3)CC2)cc1. The summed E-state index contributed by atoms with van der Waals surface area (Å²) in [6.07, 6.45) is 7.11. The molecule has 1 aromatic heterocycles. The predicted octanol–water partition coefficient (Wildman–Crippen LogP) is 2.80. The van der Waals surface area contributed by atoms with Crippen molar-refractivity contribution in [3.05, 3.63) is 48.3 Å². The van der Waals surface area contributed by atoms with Gasteiger partial charge in [0.2, 0.25) is 5.91 Å². The summed E-state index contributed by atoms with van der Waals surface area (Å²) >= 11 is 0. The maximum Gasteiger partial charge on any atom is 0.238 e. The number of benzene rings is 1. The molecule has 0 unspecified atom stereocenters. The minimum Gasteiger partial charge on any atom is -0.325 e. The highest BCUT2D eigenvalue weighted by Crippen LogP contribution is 2.19. The van der Waals surface area contributed by atoms with E-state index in [0.29, 0.717) is 12.5 Å². The minimum atomic E-state index is 0.0739. The Balaban J connectivity index is 1.41. The maximum absolute atomic E-state index is 12.2. The lowest BCUT2D eigenvalue weighted by molar-refractivity contribution is -0.117. The number of amides is 1. The second-order valence-electron chi connectivity index (χ2n) is 6.55. The Morgan fingerprint density at radius 3 is 2.62 bits per heavy atom. The molecule has 1 aromatic carbocycles. The van der Waals surface area contributed by atoms with Crippen LogP contribution in [0, 0.1) is 5.92 Å². The Morgan fingerprint density at radius 2 is 2.00 bits per heavy atom. The van der Waals surface area contributed by atoms with Crippen molar-refractivity contribution in [3.63, 3.8) is 0 Å². The molecule has 1 fully saturated rings. The quantitative estimate of drug-likeness (QED) is 0.888. The van der Waals surface area contributed by atoms with Crippen molar-refractivity contribution < 1.29 is 4.79 Å². The number of nitrogens with one attached hydrogen (secondary N) is 1. The number of aryl methyl sites for hydroxylation is 1. The maximum atomic E-state index is 12.2. The van der Waals surface area contributed by atoms with E-state index in [1.165, 1.54) is 5.56 Å². The van der Waals surface area contributed by atoms with E-state index in [-0.39, 0.29) is 5.91 Å². The molecule has 0 atom stereocenters. The van der Waals surface area contributed by atoms with Crippen LogP contribution in [0.1, 0.15) is 25.3 Å². The van der Waals surface area contributed by atoms with E-state index in [2.05, 4.69) is 34.4 Å². The number of carbonyl (C=O) groups is 1. The van der Waals surface area contributed by atoms with Crippen LogP contribution in [0.3, 0.4) is 0 Å². The minimum absolute atomic E-state index is 0.0739. The molecule has 128 valence electrons. The number of hydrogen-bond donors (Lipinski definition) is 1. The molecule has 0 spiro atoms. The molecule has 5 heteroatoms. The number of aromatic nitrogens is 2. The highest BCUT2D eigenvalue weighted by molar-refractivity contribution is 5.92. The van der Waals surface area contributed by atoms with Gasteiger partial charge in [0.15, 0.2) is 0 Å². The molecule has 1 saturated heterocycles. The second kappa shape index (κ2) is 8.11. The summed E-state index contributed by atoms with van der Waals surface area (Å²) in [5.41, 5.74) is 2.16. The van der Waals surface area contributed by atoms with Gasteiger partial charge in [-0.25, -0.2) is 0 Å². The van der Waals surface area contributed by atoms with Crippen molar-refractivity contribution in [2.75, 3.05) is 25.0 Å². The van der Waals surface area contributed by atoms with E-state index in [4.69, 9.17) is 0 Å². The van der Waals surface area contributed by atoms with Gasteiger partial charge in [0.1, 0.15) is 0 Å². The van der Waals surface area contributed by atoms with E-state index in [1.54, 1.807) is 0 Å². The summed E-state index contributed by atoms with van der Waals surface area (Å²) in [6.45, 7) is 5.55. The van der Waals surface area contributed by atoms with Gasteiger partial charge in [-0.1, -0.05) is 19.1 Å². The lowest BCUT2D eigenvalue weighted by Gasteiger charge is -2.31. The zero-order chi connectivity index (χ0) is 16.8. The van der Waals surface area contributed by atoms with E-state index in [0.717, 1.165) is 44.6 Å². The molecular formula is C19H26N4O. The van der Waals surface area contributed by atoms with Gasteiger partial charge in [0.25, 0.3) is 0 Å². The average Bonchev–Trinajstić information content (AvgIpc) is 3.10. The smallest absolute Gasteiger partial charge is 0.238 e. The lowest BCUT2D eigenvalue weighted by Crippen LogP contribution is -2.40. The van der Waals surface area contributed by atoms with Gasteiger partial charge < -0.3 is 5.32 Å². The number of carbonyl (C=O) groups excluding carboxylic acids is 1. The first kappa shape index (κ1) is 16.7. The van der Waals surface area contributed by atoms with Gasteiger partial charge in [0.05, 0.1) is 6.54 Å². The van der Waals surface area contributed by atoms with Crippen molar-refractivity contribution in [3.8, 4) is 0 Å². The summed E-state index contributed by atoms with van der Waals surface area (Å²) in [6, 6.07) is 10.1. The molecule has 0 aliphatic carbocycles. The van der Waals surface area contributed by atoms with Crippen LogP contribution in [0.4, 0.5) is 5.69 Å². The van der Waals surface area contributed by atoms with E-state index < -0.39 is 0 Å². The van der Waals surface area contributed by atoms with Crippen molar-refractivity contribution in [2.45, 2.75) is 32.7 Å². The number of rotatable bonds is 6. The first-order valence-electron chi connectivity index (χ1n) is 8.81. The Hall–Kier alpha value is -2.14. The fraction of sp³-hybridized carbons (Fsp3) is 0.474. The summed E-state index contributed by atoms with van der Waals surface area (Å²) in [7, 11) is 0. The Kier molecular flexibility index (Phi) is 5.64. The van der Waals surface area contributed by atoms with Crippen LogP contribution in [0.25, 0.3) is 0 Å². The largest absolute Gasteiger partial charge is 0.325 e. The zero-order valence-electron chi connectivity index (χ0n) is 14.3. The molecule has 1 N–H and O–H groups in total. The summed E-state index contributed by atoms with van der Waals surface area (Å²) in [4.78, 5) is 14.5. The molecule has 0 radical (unpaired) electrons. The van der Waals surface area contributed by atoms with Crippen LogP contribution in [0.15, 0.2) is 42.7 Å². The average molecular weight is 326 g/mol.